The molecular formula is C42H48N2O10. The van der Waals surface area contributed by atoms with E-state index in [4.69, 9.17) is 47.4 Å². The van der Waals surface area contributed by atoms with Crippen LogP contribution >= 0.6 is 0 Å². The Hall–Kier alpha value is -5.20. The minimum atomic E-state index is 0.00798. The van der Waals surface area contributed by atoms with Crippen molar-refractivity contribution >= 4 is 0 Å². The predicted molar refractivity (Wildman–Crippen MR) is 202 cm³/mol. The molecule has 12 heteroatoms. The van der Waals surface area contributed by atoms with Crippen LogP contribution in [0.5, 0.6) is 63.2 Å². The van der Waals surface area contributed by atoms with Crippen molar-refractivity contribution in [3.05, 3.63) is 63.7 Å². The summed E-state index contributed by atoms with van der Waals surface area (Å²) < 4.78 is 60.1. The number of nitrogens with zero attached hydrogens (tertiary/aromatic N) is 2. The van der Waals surface area contributed by atoms with Gasteiger partial charge in [-0.15, -0.1) is 0 Å². The van der Waals surface area contributed by atoms with Crippen LogP contribution in [0, 0.1) is 0 Å². The summed E-state index contributed by atoms with van der Waals surface area (Å²) in [6.45, 7) is 1.93. The van der Waals surface area contributed by atoms with Crippen molar-refractivity contribution in [1.29, 1.82) is 0 Å². The summed E-state index contributed by atoms with van der Waals surface area (Å²) in [6, 6.07) is 10.2. The second-order valence-electron chi connectivity index (χ2n) is 14.1. The monoisotopic (exact) mass is 740 g/mol. The molecule has 4 aromatic rings. The highest BCUT2D eigenvalue weighted by Gasteiger charge is 2.40. The van der Waals surface area contributed by atoms with E-state index >= 15 is 0 Å². The zero-order valence-electron chi connectivity index (χ0n) is 32.5. The van der Waals surface area contributed by atoms with Gasteiger partial charge in [0.25, 0.3) is 0 Å². The normalized spacial score (nSPS) is 18.2. The zero-order chi connectivity index (χ0) is 37.8. The lowest BCUT2D eigenvalue weighted by molar-refractivity contribution is 0.169. The zero-order valence-corrected chi connectivity index (χ0v) is 32.5. The standard InChI is InChI=1S/C42H48N2O10/c1-43-12-10-24-27(19-35(48-6)40-39(24)52-21-53-40)28(43)15-23-17-34(32(47-5)20-30(23)45-3)54-33-16-22-14-29-36-25(11-13-44(29)2)38(49-7)42(51-9)41(50-8)37(36)26(22)18-31(33)46-4/h16-20,28-29H,10-15,21H2,1-9H3. The fourth-order valence-electron chi connectivity index (χ4n) is 8.87. The van der Waals surface area contributed by atoms with E-state index in [1.165, 1.54) is 5.56 Å². The molecule has 2 unspecified atom stereocenters. The van der Waals surface area contributed by atoms with Crippen LogP contribution in [0.3, 0.4) is 0 Å². The molecule has 0 bridgehead atoms. The largest absolute Gasteiger partial charge is 0.496 e. The predicted octanol–water partition coefficient (Wildman–Crippen LogP) is 6.79. The molecule has 0 radical (unpaired) electrons. The number of fused-ring (bicyclic) bond motifs is 5. The molecule has 3 heterocycles. The van der Waals surface area contributed by atoms with Gasteiger partial charge in [0.15, 0.2) is 46.0 Å². The van der Waals surface area contributed by atoms with Crippen LogP contribution in [0.4, 0.5) is 0 Å². The Morgan fingerprint density at radius 3 is 1.96 bits per heavy atom. The Bertz CT molecular complexity index is 2120. The van der Waals surface area contributed by atoms with Gasteiger partial charge in [0.1, 0.15) is 5.75 Å². The fraction of sp³-hybridized carbons (Fsp3) is 0.429. The van der Waals surface area contributed by atoms with Crippen LogP contribution in [0.25, 0.3) is 11.1 Å². The van der Waals surface area contributed by atoms with E-state index in [0.717, 1.165) is 82.8 Å². The molecule has 0 amide bonds. The molecule has 8 rings (SSSR count). The third-order valence-electron chi connectivity index (χ3n) is 11.5. The molecule has 3 aliphatic heterocycles. The van der Waals surface area contributed by atoms with Crippen molar-refractivity contribution in [2.24, 2.45) is 0 Å². The quantitative estimate of drug-likeness (QED) is 0.162. The summed E-state index contributed by atoms with van der Waals surface area (Å²) in [5.74, 6) is 7.02. The van der Waals surface area contributed by atoms with Crippen LogP contribution in [0.2, 0.25) is 0 Å². The second kappa shape index (κ2) is 14.2. The summed E-state index contributed by atoms with van der Waals surface area (Å²) in [5, 5.41) is 0. The highest BCUT2D eigenvalue weighted by molar-refractivity contribution is 5.87. The van der Waals surface area contributed by atoms with E-state index in [1.54, 1.807) is 49.8 Å². The Balaban J connectivity index is 1.21. The molecular weight excluding hydrogens is 692 g/mol. The Labute approximate surface area is 316 Å². The van der Waals surface area contributed by atoms with Crippen LogP contribution < -0.4 is 47.4 Å². The van der Waals surface area contributed by atoms with Gasteiger partial charge >= 0.3 is 0 Å². The van der Waals surface area contributed by atoms with Crippen molar-refractivity contribution in [2.45, 2.75) is 37.8 Å². The van der Waals surface area contributed by atoms with Crippen molar-refractivity contribution in [1.82, 2.24) is 9.80 Å². The SMILES string of the molecule is COc1cc(OC)c(Oc2cc3c(cc2OC)-c2c(OC)c(OC)c(OC)c4c2C(C3)N(C)CC4)cc1CC1c2cc(OC)c3c(c2CCN1C)OCO3. The van der Waals surface area contributed by atoms with Crippen molar-refractivity contribution in [2.75, 3.05) is 83.7 Å². The number of likely N-dealkylation sites (N-methyl/N-ethyl adjacent to an activating group) is 2. The Morgan fingerprint density at radius 1 is 0.611 bits per heavy atom. The first-order valence-corrected chi connectivity index (χ1v) is 18.2. The van der Waals surface area contributed by atoms with E-state index in [9.17, 15) is 0 Å². The molecule has 286 valence electrons. The van der Waals surface area contributed by atoms with Gasteiger partial charge in [0.05, 0.1) is 49.8 Å². The van der Waals surface area contributed by atoms with E-state index in [2.05, 4.69) is 36.0 Å². The molecule has 54 heavy (non-hydrogen) atoms. The molecule has 0 saturated heterocycles. The number of hydrogen-bond acceptors (Lipinski definition) is 12. The minimum absolute atomic E-state index is 0.00798. The molecule has 0 aromatic heterocycles. The van der Waals surface area contributed by atoms with Gasteiger partial charge in [0, 0.05) is 47.9 Å². The van der Waals surface area contributed by atoms with Crippen molar-refractivity contribution in [3.8, 4) is 74.4 Å². The van der Waals surface area contributed by atoms with Gasteiger partial charge in [-0.1, -0.05) is 0 Å². The topological polar surface area (TPSA) is 98.8 Å². The maximum Gasteiger partial charge on any atom is 0.231 e. The first-order chi connectivity index (χ1) is 26.3. The lowest BCUT2D eigenvalue weighted by Gasteiger charge is -2.41. The van der Waals surface area contributed by atoms with Gasteiger partial charge in [-0.2, -0.15) is 0 Å². The number of benzene rings is 4. The average Bonchev–Trinajstić information content (AvgIpc) is 3.69. The summed E-state index contributed by atoms with van der Waals surface area (Å²) in [5.41, 5.74) is 8.73. The smallest absolute Gasteiger partial charge is 0.231 e. The summed E-state index contributed by atoms with van der Waals surface area (Å²) in [4.78, 5) is 4.75. The van der Waals surface area contributed by atoms with Crippen LogP contribution in [-0.2, 0) is 25.7 Å². The number of rotatable bonds is 11. The van der Waals surface area contributed by atoms with Crippen LogP contribution in [0.1, 0.15) is 45.5 Å². The highest BCUT2D eigenvalue weighted by atomic mass is 16.7. The summed E-state index contributed by atoms with van der Waals surface area (Å²) in [7, 11) is 15.9. The molecule has 4 aliphatic rings. The molecule has 4 aromatic carbocycles. The molecule has 0 N–H and O–H groups in total. The lowest BCUT2D eigenvalue weighted by atomic mass is 9.76. The molecule has 0 fully saturated rings. The molecule has 0 spiro atoms. The van der Waals surface area contributed by atoms with E-state index < -0.39 is 0 Å². The second-order valence-corrected chi connectivity index (χ2v) is 14.1. The number of hydrogen-bond donors (Lipinski definition) is 0. The summed E-state index contributed by atoms with van der Waals surface area (Å²) in [6.07, 6.45) is 3.09. The van der Waals surface area contributed by atoms with Gasteiger partial charge in [-0.05, 0) is 91.9 Å². The molecule has 0 saturated carbocycles. The van der Waals surface area contributed by atoms with Crippen LogP contribution in [-0.4, -0.2) is 93.5 Å². The van der Waals surface area contributed by atoms with Gasteiger partial charge in [-0.3, -0.25) is 9.80 Å². The molecule has 2 atom stereocenters. The Kier molecular flexibility index (Phi) is 9.43. The van der Waals surface area contributed by atoms with Crippen LogP contribution in [0.15, 0.2) is 30.3 Å². The Morgan fingerprint density at radius 2 is 1.26 bits per heavy atom. The number of methoxy groups -OCH3 is 7. The van der Waals surface area contributed by atoms with Gasteiger partial charge < -0.3 is 47.4 Å². The van der Waals surface area contributed by atoms with Crippen molar-refractivity contribution < 1.29 is 47.4 Å². The molecule has 12 nitrogen and oxygen atoms in total. The fourth-order valence-corrected chi connectivity index (χ4v) is 8.87. The highest BCUT2D eigenvalue weighted by Crippen LogP contribution is 2.58. The van der Waals surface area contributed by atoms with E-state index in [-0.39, 0.29) is 18.9 Å². The first-order valence-electron chi connectivity index (χ1n) is 18.2. The third-order valence-corrected chi connectivity index (χ3v) is 11.5. The minimum Gasteiger partial charge on any atom is -0.496 e. The lowest BCUT2D eigenvalue weighted by Crippen LogP contribution is -2.36. The van der Waals surface area contributed by atoms with Gasteiger partial charge in [-0.25, -0.2) is 0 Å². The number of ether oxygens (including phenoxy) is 10. The third kappa shape index (κ3) is 5.57. The summed E-state index contributed by atoms with van der Waals surface area (Å²) >= 11 is 0. The van der Waals surface area contributed by atoms with E-state index in [1.807, 2.05) is 18.2 Å². The molecule has 1 aliphatic carbocycles. The van der Waals surface area contributed by atoms with Crippen molar-refractivity contribution in [3.63, 3.8) is 0 Å². The van der Waals surface area contributed by atoms with Gasteiger partial charge in [0.2, 0.25) is 18.3 Å². The maximum absolute atomic E-state index is 6.81. The first kappa shape index (κ1) is 35.8. The van der Waals surface area contributed by atoms with E-state index in [0.29, 0.717) is 58.2 Å². The maximum atomic E-state index is 6.81. The average molecular weight is 741 g/mol.